The molecule has 2 aromatic rings. The number of hydrogen-bond acceptors (Lipinski definition) is 2. The number of likely N-dealkylation sites (tertiary alicyclic amines) is 1. The molecule has 1 N–H and O–H groups in total. The quantitative estimate of drug-likeness (QED) is 0.432. The number of nitrogens with one attached hydrogen (secondary N) is 1. The van der Waals surface area contributed by atoms with Gasteiger partial charge < -0.3 is 5.32 Å². The molecule has 0 aromatic heterocycles. The highest BCUT2D eigenvalue weighted by atomic mass is 15.2. The van der Waals surface area contributed by atoms with E-state index in [9.17, 15) is 0 Å². The molecule has 34 heavy (non-hydrogen) atoms. The second-order valence-corrected chi connectivity index (χ2v) is 11.6. The van der Waals surface area contributed by atoms with E-state index in [0.29, 0.717) is 6.04 Å². The maximum absolute atomic E-state index is 3.67. The van der Waals surface area contributed by atoms with E-state index < -0.39 is 0 Å². The lowest BCUT2D eigenvalue weighted by atomic mass is 9.84. The van der Waals surface area contributed by atoms with Crippen LogP contribution in [0.5, 0.6) is 0 Å². The average Bonchev–Trinajstić information content (AvgIpc) is 2.82. The van der Waals surface area contributed by atoms with Crippen LogP contribution in [0.1, 0.15) is 83.8 Å². The minimum absolute atomic E-state index is 0.690. The van der Waals surface area contributed by atoms with Crippen molar-refractivity contribution < 1.29 is 0 Å². The topological polar surface area (TPSA) is 15.3 Å². The van der Waals surface area contributed by atoms with Crippen molar-refractivity contribution in [2.75, 3.05) is 13.1 Å². The minimum Gasteiger partial charge on any atom is -0.314 e. The molecular formula is C32H50N2. The monoisotopic (exact) mass is 462 g/mol. The molecule has 4 rings (SSSR count). The third-order valence-corrected chi connectivity index (χ3v) is 7.45. The predicted molar refractivity (Wildman–Crippen MR) is 148 cm³/mol. The summed E-state index contributed by atoms with van der Waals surface area (Å²) in [4.78, 5) is 2.69. The molecule has 2 aliphatic heterocycles. The van der Waals surface area contributed by atoms with Crippen molar-refractivity contribution in [3.63, 3.8) is 0 Å². The van der Waals surface area contributed by atoms with Crippen molar-refractivity contribution in [1.82, 2.24) is 10.2 Å². The molecule has 0 radical (unpaired) electrons. The van der Waals surface area contributed by atoms with Gasteiger partial charge in [0.1, 0.15) is 0 Å². The van der Waals surface area contributed by atoms with E-state index in [1.165, 1.54) is 75.6 Å². The fourth-order valence-corrected chi connectivity index (χ4v) is 5.93. The van der Waals surface area contributed by atoms with E-state index in [1.54, 1.807) is 0 Å². The molecule has 0 amide bonds. The molecule has 188 valence electrons. The van der Waals surface area contributed by atoms with Crippen LogP contribution in [0.3, 0.4) is 0 Å². The lowest BCUT2D eigenvalue weighted by molar-refractivity contribution is 0.122. The summed E-state index contributed by atoms with van der Waals surface area (Å²) in [5, 5.41) is 3.67. The SMILES string of the molecule is CC(C)CC1CCCCN1Cc1ccccc1.CC(C)CC1CCNC(Cc2ccccc2)C1. The van der Waals surface area contributed by atoms with Crippen molar-refractivity contribution in [1.29, 1.82) is 0 Å². The van der Waals surface area contributed by atoms with Crippen LogP contribution in [-0.2, 0) is 13.0 Å². The normalized spacial score (nSPS) is 23.5. The van der Waals surface area contributed by atoms with Gasteiger partial charge in [-0.25, -0.2) is 0 Å². The van der Waals surface area contributed by atoms with Gasteiger partial charge in [-0.3, -0.25) is 4.90 Å². The summed E-state index contributed by atoms with van der Waals surface area (Å²) < 4.78 is 0. The first-order chi connectivity index (χ1) is 16.5. The van der Waals surface area contributed by atoms with Gasteiger partial charge in [0.15, 0.2) is 0 Å². The molecule has 0 aliphatic carbocycles. The third kappa shape index (κ3) is 9.92. The number of piperidine rings is 2. The van der Waals surface area contributed by atoms with Gasteiger partial charge in [0.05, 0.1) is 0 Å². The molecule has 2 fully saturated rings. The smallest absolute Gasteiger partial charge is 0.0236 e. The summed E-state index contributed by atoms with van der Waals surface area (Å²) in [6.45, 7) is 13.0. The molecule has 3 unspecified atom stereocenters. The average molecular weight is 463 g/mol. The second-order valence-electron chi connectivity index (χ2n) is 11.6. The van der Waals surface area contributed by atoms with Crippen LogP contribution in [-0.4, -0.2) is 30.1 Å². The zero-order valence-electron chi connectivity index (χ0n) is 22.4. The predicted octanol–water partition coefficient (Wildman–Crippen LogP) is 7.73. The van der Waals surface area contributed by atoms with Crippen LogP contribution in [0, 0.1) is 17.8 Å². The summed E-state index contributed by atoms with van der Waals surface area (Å²) >= 11 is 0. The van der Waals surface area contributed by atoms with Crippen LogP contribution in [0.25, 0.3) is 0 Å². The highest BCUT2D eigenvalue weighted by Crippen LogP contribution is 2.26. The molecule has 2 heteroatoms. The summed E-state index contributed by atoms with van der Waals surface area (Å²) in [6, 6.07) is 23.3. The summed E-state index contributed by atoms with van der Waals surface area (Å²) in [7, 11) is 0. The van der Waals surface area contributed by atoms with E-state index in [2.05, 4.69) is 98.6 Å². The lowest BCUT2D eigenvalue weighted by Crippen LogP contribution is -2.39. The van der Waals surface area contributed by atoms with E-state index >= 15 is 0 Å². The Hall–Kier alpha value is -1.64. The lowest BCUT2D eigenvalue weighted by Gasteiger charge is -2.36. The number of nitrogens with zero attached hydrogens (tertiary/aromatic N) is 1. The van der Waals surface area contributed by atoms with Gasteiger partial charge in [-0.05, 0) is 86.9 Å². The first-order valence-electron chi connectivity index (χ1n) is 14.0. The van der Waals surface area contributed by atoms with Crippen molar-refractivity contribution in [2.24, 2.45) is 17.8 Å². The van der Waals surface area contributed by atoms with Gasteiger partial charge in [-0.2, -0.15) is 0 Å². The standard InChI is InChI=1S/2C16H25N/c1-14(2)12-16-10-6-7-11-17(16)13-15-8-4-3-5-9-15;1-13(2)10-15-8-9-17-16(12-15)11-14-6-4-3-5-7-14/h3-5,8-9,14,16H,6-7,10-13H2,1-2H3;3-7,13,15-17H,8-12H2,1-2H3. The van der Waals surface area contributed by atoms with E-state index in [4.69, 9.17) is 0 Å². The van der Waals surface area contributed by atoms with Crippen molar-refractivity contribution >= 4 is 0 Å². The van der Waals surface area contributed by atoms with Gasteiger partial charge in [-0.15, -0.1) is 0 Å². The molecule has 3 atom stereocenters. The molecule has 2 aromatic carbocycles. The molecule has 2 saturated heterocycles. The second kappa shape index (κ2) is 14.7. The Morgan fingerprint density at radius 2 is 1.44 bits per heavy atom. The Kier molecular flexibility index (Phi) is 11.6. The molecular weight excluding hydrogens is 412 g/mol. The highest BCUT2D eigenvalue weighted by Gasteiger charge is 2.23. The zero-order chi connectivity index (χ0) is 24.2. The molecule has 0 bridgehead atoms. The van der Waals surface area contributed by atoms with Gasteiger partial charge in [0, 0.05) is 18.6 Å². The largest absolute Gasteiger partial charge is 0.314 e. The van der Waals surface area contributed by atoms with Crippen LogP contribution in [0.15, 0.2) is 60.7 Å². The number of benzene rings is 2. The van der Waals surface area contributed by atoms with Crippen molar-refractivity contribution in [3.05, 3.63) is 71.8 Å². The zero-order valence-corrected chi connectivity index (χ0v) is 22.4. The Balaban J connectivity index is 0.000000191. The van der Waals surface area contributed by atoms with E-state index in [-0.39, 0.29) is 0 Å². The molecule has 0 saturated carbocycles. The van der Waals surface area contributed by atoms with Gasteiger partial charge in [0.25, 0.3) is 0 Å². The van der Waals surface area contributed by atoms with Crippen LogP contribution in [0.2, 0.25) is 0 Å². The Bertz CT molecular complexity index is 770. The number of hydrogen-bond donors (Lipinski definition) is 1. The first-order valence-corrected chi connectivity index (χ1v) is 14.0. The first kappa shape index (κ1) is 27.0. The molecule has 0 spiro atoms. The molecule has 2 heterocycles. The summed E-state index contributed by atoms with van der Waals surface area (Å²) in [5.74, 6) is 2.59. The molecule has 2 aliphatic rings. The van der Waals surface area contributed by atoms with Gasteiger partial charge in [-0.1, -0.05) is 94.8 Å². The maximum Gasteiger partial charge on any atom is 0.0236 e. The minimum atomic E-state index is 0.690. The maximum atomic E-state index is 3.67. The third-order valence-electron chi connectivity index (χ3n) is 7.45. The van der Waals surface area contributed by atoms with Crippen molar-refractivity contribution in [2.45, 2.75) is 97.7 Å². The van der Waals surface area contributed by atoms with E-state index in [1.807, 2.05) is 0 Å². The highest BCUT2D eigenvalue weighted by molar-refractivity contribution is 5.16. The number of rotatable bonds is 8. The molecule has 2 nitrogen and oxygen atoms in total. The van der Waals surface area contributed by atoms with Crippen molar-refractivity contribution in [3.8, 4) is 0 Å². The Labute approximate surface area is 210 Å². The van der Waals surface area contributed by atoms with Gasteiger partial charge in [0.2, 0.25) is 0 Å². The summed E-state index contributed by atoms with van der Waals surface area (Å²) in [6.07, 6.45) is 10.8. The summed E-state index contributed by atoms with van der Waals surface area (Å²) in [5.41, 5.74) is 2.93. The fourth-order valence-electron chi connectivity index (χ4n) is 5.93. The van der Waals surface area contributed by atoms with Crippen LogP contribution < -0.4 is 5.32 Å². The Morgan fingerprint density at radius 3 is 2.09 bits per heavy atom. The van der Waals surface area contributed by atoms with Crippen LogP contribution in [0.4, 0.5) is 0 Å². The van der Waals surface area contributed by atoms with Gasteiger partial charge >= 0.3 is 0 Å². The fraction of sp³-hybridized carbons (Fsp3) is 0.625. The van der Waals surface area contributed by atoms with Crippen LogP contribution >= 0.6 is 0 Å². The Morgan fingerprint density at radius 1 is 0.794 bits per heavy atom. The van der Waals surface area contributed by atoms with E-state index in [0.717, 1.165) is 30.3 Å².